The Balaban J connectivity index is 2.21. The van der Waals surface area contributed by atoms with Crippen LogP contribution in [0.4, 0.5) is 4.79 Å². The molecule has 0 unspecified atom stereocenters. The Kier molecular flexibility index (Phi) is 5.73. The maximum absolute atomic E-state index is 12.3. The van der Waals surface area contributed by atoms with Crippen molar-refractivity contribution in [3.63, 3.8) is 0 Å². The Hall–Kier alpha value is -1.50. The Morgan fingerprint density at radius 2 is 1.91 bits per heavy atom. The number of ether oxygens (including phenoxy) is 1. The maximum Gasteiger partial charge on any atom is 0.326 e. The van der Waals surface area contributed by atoms with Gasteiger partial charge < -0.3 is 4.74 Å². The lowest BCUT2D eigenvalue weighted by Crippen LogP contribution is -2.35. The largest absolute Gasteiger partial charge is 0.462 e. The highest BCUT2D eigenvalue weighted by Gasteiger charge is 2.37. The fourth-order valence-electron chi connectivity index (χ4n) is 1.85. The van der Waals surface area contributed by atoms with Gasteiger partial charge in [0, 0.05) is 15.6 Å². The fourth-order valence-corrected chi connectivity index (χ4v) is 3.17. The van der Waals surface area contributed by atoms with E-state index < -0.39 is 23.7 Å². The summed E-state index contributed by atoms with van der Waals surface area (Å²) in [4.78, 5) is 36.8. The summed E-state index contributed by atoms with van der Waals surface area (Å²) in [5.41, 5.74) is 0.450. The second kappa shape index (κ2) is 7.38. The van der Waals surface area contributed by atoms with Crippen molar-refractivity contribution in [2.24, 2.45) is 0 Å². The van der Waals surface area contributed by atoms with E-state index in [1.165, 1.54) is 6.08 Å². The van der Waals surface area contributed by atoms with Crippen molar-refractivity contribution >= 4 is 58.2 Å². The van der Waals surface area contributed by atoms with Crippen LogP contribution in [-0.4, -0.2) is 34.7 Å². The van der Waals surface area contributed by atoms with Crippen LogP contribution in [0, 0.1) is 0 Å². The summed E-state index contributed by atoms with van der Waals surface area (Å²) in [6, 6.07) is 4.93. The van der Waals surface area contributed by atoms with Crippen LogP contribution in [0.2, 0.25) is 10.0 Å². The lowest BCUT2D eigenvalue weighted by molar-refractivity contribution is -0.149. The summed E-state index contributed by atoms with van der Waals surface area (Å²) < 4.78 is 4.94. The average molecular weight is 374 g/mol. The second-order valence-corrected chi connectivity index (χ2v) is 6.75. The van der Waals surface area contributed by atoms with Crippen LogP contribution in [0.1, 0.15) is 19.4 Å². The monoisotopic (exact) mass is 373 g/mol. The molecule has 1 saturated heterocycles. The van der Waals surface area contributed by atoms with E-state index in [0.717, 1.165) is 16.7 Å². The number of carbonyl (C=O) groups is 3. The predicted octanol–water partition coefficient (Wildman–Crippen LogP) is 3.98. The third-order valence-electron chi connectivity index (χ3n) is 2.80. The first kappa shape index (κ1) is 17.8. The van der Waals surface area contributed by atoms with Crippen LogP contribution in [0.25, 0.3) is 6.08 Å². The Morgan fingerprint density at radius 3 is 2.48 bits per heavy atom. The van der Waals surface area contributed by atoms with Crippen LogP contribution in [0.5, 0.6) is 0 Å². The third kappa shape index (κ3) is 4.28. The number of benzene rings is 1. The zero-order chi connectivity index (χ0) is 17.1. The van der Waals surface area contributed by atoms with E-state index in [1.54, 1.807) is 32.0 Å². The molecule has 2 amide bonds. The Bertz CT molecular complexity index is 682. The lowest BCUT2D eigenvalue weighted by atomic mass is 10.2. The standard InChI is InChI=1S/C15H13Cl2NO4S/c1-8(2)22-13(19)7-18-14(20)12(23-15(18)21)6-9-10(16)4-3-5-11(9)17/h3-6,8H,7H2,1-2H3/b12-6+. The quantitative estimate of drug-likeness (QED) is 0.589. The highest BCUT2D eigenvalue weighted by Crippen LogP contribution is 2.35. The van der Waals surface area contributed by atoms with E-state index in [0.29, 0.717) is 15.6 Å². The van der Waals surface area contributed by atoms with Crippen LogP contribution in [-0.2, 0) is 14.3 Å². The van der Waals surface area contributed by atoms with Crippen molar-refractivity contribution in [1.29, 1.82) is 0 Å². The lowest BCUT2D eigenvalue weighted by Gasteiger charge is -2.13. The van der Waals surface area contributed by atoms with Gasteiger partial charge in [0.15, 0.2) is 0 Å². The highest BCUT2D eigenvalue weighted by molar-refractivity contribution is 8.18. The van der Waals surface area contributed by atoms with Crippen molar-refractivity contribution in [2.45, 2.75) is 20.0 Å². The molecule has 1 aromatic carbocycles. The Morgan fingerprint density at radius 1 is 1.30 bits per heavy atom. The Labute approximate surface area is 147 Å². The SMILES string of the molecule is CC(C)OC(=O)CN1C(=O)S/C(=C/c2c(Cl)cccc2Cl)C1=O. The summed E-state index contributed by atoms with van der Waals surface area (Å²) in [6.07, 6.45) is 1.13. The van der Waals surface area contributed by atoms with Crippen LogP contribution >= 0.6 is 35.0 Å². The fraction of sp³-hybridized carbons (Fsp3) is 0.267. The molecule has 0 spiro atoms. The summed E-state index contributed by atoms with van der Waals surface area (Å²) >= 11 is 12.8. The first-order chi connectivity index (χ1) is 10.8. The number of esters is 1. The summed E-state index contributed by atoms with van der Waals surface area (Å²) in [7, 11) is 0. The van der Waals surface area contributed by atoms with Crippen LogP contribution in [0.15, 0.2) is 23.1 Å². The highest BCUT2D eigenvalue weighted by atomic mass is 35.5. The third-order valence-corrected chi connectivity index (χ3v) is 4.37. The van der Waals surface area contributed by atoms with Crippen molar-refractivity contribution in [3.05, 3.63) is 38.7 Å². The number of imide groups is 1. The molecule has 0 saturated carbocycles. The number of hydrogen-bond donors (Lipinski definition) is 0. The topological polar surface area (TPSA) is 63.7 Å². The van der Waals surface area contributed by atoms with Gasteiger partial charge in [0.25, 0.3) is 11.1 Å². The van der Waals surface area contributed by atoms with E-state index in [-0.39, 0.29) is 11.0 Å². The predicted molar refractivity (Wildman–Crippen MR) is 90.4 cm³/mol. The normalized spacial score (nSPS) is 16.6. The van der Waals surface area contributed by atoms with Gasteiger partial charge in [-0.3, -0.25) is 19.3 Å². The number of rotatable bonds is 4. The molecule has 0 aromatic heterocycles. The van der Waals surface area contributed by atoms with Gasteiger partial charge in [-0.25, -0.2) is 0 Å². The number of halogens is 2. The molecule has 122 valence electrons. The molecule has 0 atom stereocenters. The molecule has 0 aliphatic carbocycles. The van der Waals surface area contributed by atoms with Gasteiger partial charge >= 0.3 is 5.97 Å². The van der Waals surface area contributed by atoms with Gasteiger partial charge in [-0.15, -0.1) is 0 Å². The summed E-state index contributed by atoms with van der Waals surface area (Å²) in [5.74, 6) is -1.21. The van der Waals surface area contributed by atoms with Gasteiger partial charge in [-0.05, 0) is 43.8 Å². The summed E-state index contributed by atoms with van der Waals surface area (Å²) in [6.45, 7) is 2.95. The molecule has 1 aliphatic rings. The van der Waals surface area contributed by atoms with E-state index in [9.17, 15) is 14.4 Å². The number of amides is 2. The molecular formula is C15H13Cl2NO4S. The zero-order valence-electron chi connectivity index (χ0n) is 12.3. The smallest absolute Gasteiger partial charge is 0.326 e. The minimum Gasteiger partial charge on any atom is -0.462 e. The first-order valence-electron chi connectivity index (χ1n) is 6.68. The molecule has 0 N–H and O–H groups in total. The van der Waals surface area contributed by atoms with Crippen LogP contribution < -0.4 is 0 Å². The van der Waals surface area contributed by atoms with Crippen LogP contribution in [0.3, 0.4) is 0 Å². The van der Waals surface area contributed by atoms with Crippen molar-refractivity contribution in [3.8, 4) is 0 Å². The van der Waals surface area contributed by atoms with Crippen molar-refractivity contribution in [1.82, 2.24) is 4.90 Å². The van der Waals surface area contributed by atoms with E-state index >= 15 is 0 Å². The number of carbonyl (C=O) groups excluding carboxylic acids is 3. The van der Waals surface area contributed by atoms with Gasteiger partial charge in [0.05, 0.1) is 11.0 Å². The molecular weight excluding hydrogens is 361 g/mol. The van der Waals surface area contributed by atoms with Crippen molar-refractivity contribution < 1.29 is 19.1 Å². The molecule has 8 heteroatoms. The van der Waals surface area contributed by atoms with Gasteiger partial charge in [-0.1, -0.05) is 29.3 Å². The molecule has 1 fully saturated rings. The number of thioether (sulfide) groups is 1. The molecule has 1 aromatic rings. The molecule has 1 heterocycles. The molecule has 1 aliphatic heterocycles. The minimum absolute atomic E-state index is 0.155. The van der Waals surface area contributed by atoms with Gasteiger partial charge in [0.1, 0.15) is 6.54 Å². The number of hydrogen-bond acceptors (Lipinski definition) is 5. The molecule has 5 nitrogen and oxygen atoms in total. The van der Waals surface area contributed by atoms with Gasteiger partial charge in [0.2, 0.25) is 0 Å². The molecule has 2 rings (SSSR count). The minimum atomic E-state index is -0.640. The van der Waals surface area contributed by atoms with E-state index in [1.807, 2.05) is 0 Å². The van der Waals surface area contributed by atoms with Crippen molar-refractivity contribution in [2.75, 3.05) is 6.54 Å². The summed E-state index contributed by atoms with van der Waals surface area (Å²) in [5, 5.41) is 0.192. The van der Waals surface area contributed by atoms with E-state index in [4.69, 9.17) is 27.9 Å². The maximum atomic E-state index is 12.3. The van der Waals surface area contributed by atoms with Gasteiger partial charge in [-0.2, -0.15) is 0 Å². The molecule has 23 heavy (non-hydrogen) atoms. The second-order valence-electron chi connectivity index (χ2n) is 4.94. The number of nitrogens with zero attached hydrogens (tertiary/aromatic N) is 1. The molecule has 0 radical (unpaired) electrons. The zero-order valence-corrected chi connectivity index (χ0v) is 14.7. The van der Waals surface area contributed by atoms with E-state index in [2.05, 4.69) is 0 Å². The molecule has 0 bridgehead atoms. The first-order valence-corrected chi connectivity index (χ1v) is 8.25. The average Bonchev–Trinajstić information content (AvgIpc) is 2.70.